The zero-order chi connectivity index (χ0) is 23.5. The van der Waals surface area contributed by atoms with Crippen LogP contribution in [0.3, 0.4) is 0 Å². The summed E-state index contributed by atoms with van der Waals surface area (Å²) in [5, 5.41) is 0.580. The van der Waals surface area contributed by atoms with E-state index in [9.17, 15) is 4.79 Å². The van der Waals surface area contributed by atoms with Crippen LogP contribution in [0.5, 0.6) is 5.75 Å². The number of aromatic nitrogens is 2. The molecule has 34 heavy (non-hydrogen) atoms. The first-order chi connectivity index (χ1) is 16.7. The summed E-state index contributed by atoms with van der Waals surface area (Å²) in [7, 11) is 0. The van der Waals surface area contributed by atoms with Crippen molar-refractivity contribution in [3.8, 4) is 5.75 Å². The molecule has 0 radical (unpaired) electrons. The molecule has 172 valence electrons. The van der Waals surface area contributed by atoms with Crippen LogP contribution in [0.15, 0.2) is 85.5 Å². The SMILES string of the molecule is C=CCc1ccccc1OCCn1c(C2CC(=O)N(c3ccccc3Cl)C2)nc2ccccc21. The van der Waals surface area contributed by atoms with Gasteiger partial charge < -0.3 is 14.2 Å². The molecule has 0 N–H and O–H groups in total. The van der Waals surface area contributed by atoms with Crippen LogP contribution in [0.2, 0.25) is 5.02 Å². The molecule has 5 rings (SSSR count). The van der Waals surface area contributed by atoms with Crippen molar-refractivity contribution in [2.45, 2.75) is 25.3 Å². The van der Waals surface area contributed by atoms with Crippen molar-refractivity contribution in [3.05, 3.63) is 102 Å². The summed E-state index contributed by atoms with van der Waals surface area (Å²) in [5.41, 5.74) is 3.84. The molecule has 5 nitrogen and oxygen atoms in total. The molecule has 1 atom stereocenters. The Kier molecular flexibility index (Phi) is 6.37. The van der Waals surface area contributed by atoms with Crippen LogP contribution in [-0.2, 0) is 17.8 Å². The number of anilines is 1. The van der Waals surface area contributed by atoms with E-state index in [1.165, 1.54) is 0 Å². The van der Waals surface area contributed by atoms with E-state index in [1.807, 2.05) is 66.7 Å². The maximum absolute atomic E-state index is 12.9. The van der Waals surface area contributed by atoms with Gasteiger partial charge in [-0.3, -0.25) is 4.79 Å². The fourth-order valence-electron chi connectivity index (χ4n) is 4.64. The zero-order valence-corrected chi connectivity index (χ0v) is 19.6. The average molecular weight is 472 g/mol. The highest BCUT2D eigenvalue weighted by Crippen LogP contribution is 2.36. The Balaban J connectivity index is 1.40. The van der Waals surface area contributed by atoms with E-state index in [0.717, 1.165) is 40.3 Å². The Morgan fingerprint density at radius 2 is 1.82 bits per heavy atom. The number of nitrogens with zero attached hydrogens (tertiary/aromatic N) is 3. The van der Waals surface area contributed by atoms with Crippen LogP contribution in [0, 0.1) is 0 Å². The van der Waals surface area contributed by atoms with Crippen molar-refractivity contribution in [2.24, 2.45) is 0 Å². The van der Waals surface area contributed by atoms with Crippen LogP contribution in [0.1, 0.15) is 23.7 Å². The quantitative estimate of drug-likeness (QED) is 0.295. The molecule has 1 aliphatic rings. The monoisotopic (exact) mass is 471 g/mol. The summed E-state index contributed by atoms with van der Waals surface area (Å²) >= 11 is 6.38. The van der Waals surface area contributed by atoms with Crippen molar-refractivity contribution >= 4 is 34.2 Å². The van der Waals surface area contributed by atoms with Crippen molar-refractivity contribution in [2.75, 3.05) is 18.1 Å². The lowest BCUT2D eigenvalue weighted by Crippen LogP contribution is -2.25. The van der Waals surface area contributed by atoms with Gasteiger partial charge in [0, 0.05) is 18.9 Å². The maximum atomic E-state index is 12.9. The fourth-order valence-corrected chi connectivity index (χ4v) is 4.88. The van der Waals surface area contributed by atoms with Gasteiger partial charge in [0.25, 0.3) is 0 Å². The molecule has 4 aromatic rings. The Labute approximate surface area is 204 Å². The molecule has 1 aliphatic heterocycles. The number of rotatable bonds is 8. The normalized spacial score (nSPS) is 15.7. The lowest BCUT2D eigenvalue weighted by atomic mass is 10.1. The van der Waals surface area contributed by atoms with E-state index >= 15 is 0 Å². The lowest BCUT2D eigenvalue weighted by molar-refractivity contribution is -0.117. The number of carbonyl (C=O) groups excluding carboxylic acids is 1. The Morgan fingerprint density at radius 3 is 2.68 bits per heavy atom. The number of ether oxygens (including phenoxy) is 1. The van der Waals surface area contributed by atoms with E-state index in [1.54, 1.807) is 4.90 Å². The van der Waals surface area contributed by atoms with Gasteiger partial charge in [-0.15, -0.1) is 6.58 Å². The second-order valence-electron chi connectivity index (χ2n) is 8.42. The van der Waals surface area contributed by atoms with Gasteiger partial charge in [-0.2, -0.15) is 0 Å². The molecule has 0 bridgehead atoms. The van der Waals surface area contributed by atoms with Crippen molar-refractivity contribution in [1.82, 2.24) is 9.55 Å². The second-order valence-corrected chi connectivity index (χ2v) is 8.82. The number of hydrogen-bond acceptors (Lipinski definition) is 3. The summed E-state index contributed by atoms with van der Waals surface area (Å²) in [6.07, 6.45) is 3.04. The predicted octanol–water partition coefficient (Wildman–Crippen LogP) is 6.02. The molecule has 1 saturated heterocycles. The Morgan fingerprint density at radius 1 is 1.06 bits per heavy atom. The predicted molar refractivity (Wildman–Crippen MR) is 137 cm³/mol. The third-order valence-corrected chi connectivity index (χ3v) is 6.55. The number of imidazole rings is 1. The molecule has 3 aromatic carbocycles. The van der Waals surface area contributed by atoms with Gasteiger partial charge in [0.15, 0.2) is 0 Å². The third-order valence-electron chi connectivity index (χ3n) is 6.23. The number of fused-ring (bicyclic) bond motifs is 1. The topological polar surface area (TPSA) is 47.4 Å². The molecule has 0 saturated carbocycles. The van der Waals surface area contributed by atoms with E-state index in [0.29, 0.717) is 31.1 Å². The van der Waals surface area contributed by atoms with E-state index in [2.05, 4.69) is 23.3 Å². The average Bonchev–Trinajstić information content (AvgIpc) is 3.41. The highest BCUT2D eigenvalue weighted by Gasteiger charge is 2.35. The second kappa shape index (κ2) is 9.74. The minimum Gasteiger partial charge on any atom is -0.491 e. The van der Waals surface area contributed by atoms with Crippen LogP contribution in [-0.4, -0.2) is 28.6 Å². The number of carbonyl (C=O) groups is 1. The summed E-state index contributed by atoms with van der Waals surface area (Å²) in [6.45, 7) is 5.52. The number of allylic oxidation sites excluding steroid dienone is 1. The summed E-state index contributed by atoms with van der Waals surface area (Å²) in [4.78, 5) is 19.6. The smallest absolute Gasteiger partial charge is 0.227 e. The van der Waals surface area contributed by atoms with Crippen LogP contribution >= 0.6 is 11.6 Å². The molecule has 1 aromatic heterocycles. The molecule has 0 spiro atoms. The fraction of sp³-hybridized carbons (Fsp3) is 0.214. The molecular weight excluding hydrogens is 446 g/mol. The van der Waals surface area contributed by atoms with Gasteiger partial charge in [-0.05, 0) is 42.3 Å². The van der Waals surface area contributed by atoms with E-state index in [4.69, 9.17) is 21.3 Å². The molecule has 0 aliphatic carbocycles. The first-order valence-corrected chi connectivity index (χ1v) is 11.8. The summed E-state index contributed by atoms with van der Waals surface area (Å²) < 4.78 is 8.36. The molecule has 1 fully saturated rings. The van der Waals surface area contributed by atoms with Crippen molar-refractivity contribution in [3.63, 3.8) is 0 Å². The van der Waals surface area contributed by atoms with Gasteiger partial charge in [0.1, 0.15) is 18.2 Å². The summed E-state index contributed by atoms with van der Waals surface area (Å²) in [6, 6.07) is 23.6. The number of amides is 1. The van der Waals surface area contributed by atoms with Crippen molar-refractivity contribution < 1.29 is 9.53 Å². The standard InChI is InChI=1S/C28H26ClN3O2/c1-2-9-20-10-3-8-15-26(20)34-17-16-31-25-14-7-5-12-23(25)30-28(31)21-18-27(33)32(19-21)24-13-6-4-11-22(24)29/h2-8,10-15,21H,1,9,16-19H2. The number of hydrogen-bond donors (Lipinski definition) is 0. The zero-order valence-electron chi connectivity index (χ0n) is 18.9. The Bertz CT molecular complexity index is 1350. The molecular formula is C28H26ClN3O2. The third kappa shape index (κ3) is 4.31. The number of benzene rings is 3. The van der Waals surface area contributed by atoms with E-state index in [-0.39, 0.29) is 11.8 Å². The summed E-state index contributed by atoms with van der Waals surface area (Å²) in [5.74, 6) is 1.82. The largest absolute Gasteiger partial charge is 0.491 e. The molecule has 1 unspecified atom stereocenters. The molecule has 2 heterocycles. The van der Waals surface area contributed by atoms with Gasteiger partial charge in [0.05, 0.1) is 28.3 Å². The van der Waals surface area contributed by atoms with Gasteiger partial charge in [-0.25, -0.2) is 4.98 Å². The lowest BCUT2D eigenvalue weighted by Gasteiger charge is -2.19. The maximum Gasteiger partial charge on any atom is 0.227 e. The van der Waals surface area contributed by atoms with Gasteiger partial charge >= 0.3 is 0 Å². The number of halogens is 1. The highest BCUT2D eigenvalue weighted by molar-refractivity contribution is 6.33. The molecule has 6 heteroatoms. The van der Waals surface area contributed by atoms with E-state index < -0.39 is 0 Å². The van der Waals surface area contributed by atoms with Crippen molar-refractivity contribution in [1.29, 1.82) is 0 Å². The first-order valence-electron chi connectivity index (χ1n) is 11.5. The van der Waals surface area contributed by atoms with Crippen LogP contribution < -0.4 is 9.64 Å². The first kappa shape index (κ1) is 22.2. The highest BCUT2D eigenvalue weighted by atomic mass is 35.5. The Hall–Kier alpha value is -3.57. The van der Waals surface area contributed by atoms with Crippen LogP contribution in [0.4, 0.5) is 5.69 Å². The van der Waals surface area contributed by atoms with Crippen LogP contribution in [0.25, 0.3) is 11.0 Å². The minimum absolute atomic E-state index is 0.0239. The van der Waals surface area contributed by atoms with Gasteiger partial charge in [-0.1, -0.05) is 60.1 Å². The number of para-hydroxylation sites is 4. The van der Waals surface area contributed by atoms with Gasteiger partial charge in [0.2, 0.25) is 5.91 Å². The molecule has 1 amide bonds. The minimum atomic E-state index is -0.0239.